The molecule has 134 valence electrons. The number of carbonyl (C=O) groups excluding carboxylic acids is 2. The molecule has 0 N–H and O–H groups in total. The Morgan fingerprint density at radius 2 is 1.65 bits per heavy atom. The quantitative estimate of drug-likeness (QED) is 0.425. The summed E-state index contributed by atoms with van der Waals surface area (Å²) in [6.07, 6.45) is 1.44. The van der Waals surface area contributed by atoms with Gasteiger partial charge in [0.25, 0.3) is 0 Å². The average molecular weight is 398 g/mol. The van der Waals surface area contributed by atoms with Crippen LogP contribution in [0.2, 0.25) is 0 Å². The van der Waals surface area contributed by atoms with E-state index in [1.807, 2.05) is 4.90 Å². The van der Waals surface area contributed by atoms with Crippen molar-refractivity contribution in [3.05, 3.63) is 0 Å². The fraction of sp³-hybridized carbons (Fsp3) is 0.857. The van der Waals surface area contributed by atoms with Crippen molar-refractivity contribution in [2.45, 2.75) is 32.0 Å². The van der Waals surface area contributed by atoms with Gasteiger partial charge in [-0.05, 0) is 18.6 Å². The van der Waals surface area contributed by atoms with Gasteiger partial charge < -0.3 is 14.7 Å². The maximum absolute atomic E-state index is 12.8. The van der Waals surface area contributed by atoms with Gasteiger partial charge in [0, 0.05) is 43.8 Å². The van der Waals surface area contributed by atoms with Crippen LogP contribution in [-0.4, -0.2) is 81.5 Å². The molecule has 2 unspecified atom stereocenters. The lowest BCUT2D eigenvalue weighted by Crippen LogP contribution is -2.54. The van der Waals surface area contributed by atoms with E-state index in [-0.39, 0.29) is 24.1 Å². The summed E-state index contributed by atoms with van der Waals surface area (Å²) in [5.41, 5.74) is 0. The predicted octanol–water partition coefficient (Wildman–Crippen LogP) is 1.77. The van der Waals surface area contributed by atoms with E-state index in [0.717, 1.165) is 18.6 Å². The third-order valence-corrected chi connectivity index (χ3v) is 4.88. The van der Waals surface area contributed by atoms with Crippen LogP contribution in [0.25, 0.3) is 0 Å². The van der Waals surface area contributed by atoms with E-state index in [4.69, 9.17) is 0 Å². The Bertz CT molecular complexity index is 400. The fourth-order valence-electron chi connectivity index (χ4n) is 3.06. The van der Waals surface area contributed by atoms with Crippen molar-refractivity contribution in [3.8, 4) is 0 Å². The largest absolute Gasteiger partial charge is 0.322 e. The third kappa shape index (κ3) is 5.31. The highest BCUT2D eigenvalue weighted by molar-refractivity contribution is 7.80. The minimum atomic E-state index is -0.265. The predicted molar refractivity (Wildman–Crippen MR) is 108 cm³/mol. The maximum Gasteiger partial charge on any atom is 0.322 e. The van der Waals surface area contributed by atoms with Crippen LogP contribution in [0.15, 0.2) is 0 Å². The highest BCUT2D eigenvalue weighted by atomic mass is 32.1. The second kappa shape index (κ2) is 10.9. The molecule has 0 aromatic heterocycles. The molecular formula is C14H27N3O2S4. The minimum absolute atomic E-state index is 0.0346. The molecular weight excluding hydrogens is 370 g/mol. The monoisotopic (exact) mass is 397 g/mol. The lowest BCUT2D eigenvalue weighted by molar-refractivity contribution is -0.134. The third-order valence-electron chi connectivity index (χ3n) is 3.96. The van der Waals surface area contributed by atoms with Gasteiger partial charge >= 0.3 is 6.03 Å². The van der Waals surface area contributed by atoms with Crippen molar-refractivity contribution in [1.82, 2.24) is 14.7 Å². The van der Waals surface area contributed by atoms with Crippen LogP contribution in [0.5, 0.6) is 0 Å². The van der Waals surface area contributed by atoms with E-state index >= 15 is 0 Å². The number of hydrogen-bond acceptors (Lipinski definition) is 6. The molecule has 0 aliphatic carbocycles. The Morgan fingerprint density at radius 3 is 2.13 bits per heavy atom. The standard InChI is InChI=1S/C14H27N3O2S4/c1-11(18)15(4-8-21)13-12(3-2-7-20)16(5-9-22)14(19)17(13)6-10-23/h12-13,20-23H,2-10H2,1H3. The zero-order valence-electron chi connectivity index (χ0n) is 13.5. The normalized spacial score (nSPS) is 21.2. The molecule has 0 bridgehead atoms. The fourth-order valence-corrected chi connectivity index (χ4v) is 3.89. The Morgan fingerprint density at radius 1 is 1.04 bits per heavy atom. The lowest BCUT2D eigenvalue weighted by Gasteiger charge is -2.36. The van der Waals surface area contributed by atoms with Gasteiger partial charge in [0.05, 0.1) is 6.04 Å². The molecule has 0 aromatic rings. The molecule has 0 aromatic carbocycles. The first-order valence-corrected chi connectivity index (χ1v) is 10.3. The molecule has 9 heteroatoms. The van der Waals surface area contributed by atoms with E-state index in [1.54, 1.807) is 16.7 Å². The van der Waals surface area contributed by atoms with E-state index in [2.05, 4.69) is 50.5 Å². The Balaban J connectivity index is 3.16. The average Bonchev–Trinajstić information content (AvgIpc) is 2.76. The number of urea groups is 1. The van der Waals surface area contributed by atoms with E-state index in [0.29, 0.717) is 36.9 Å². The van der Waals surface area contributed by atoms with Crippen molar-refractivity contribution < 1.29 is 9.59 Å². The summed E-state index contributed by atoms with van der Waals surface area (Å²) in [6.45, 7) is 3.16. The molecule has 1 aliphatic rings. The summed E-state index contributed by atoms with van der Waals surface area (Å²) in [4.78, 5) is 30.3. The van der Waals surface area contributed by atoms with E-state index in [1.165, 1.54) is 0 Å². The highest BCUT2D eigenvalue weighted by Gasteiger charge is 2.47. The first kappa shape index (κ1) is 21.2. The molecule has 23 heavy (non-hydrogen) atoms. The molecule has 0 saturated carbocycles. The van der Waals surface area contributed by atoms with Crippen molar-refractivity contribution in [3.63, 3.8) is 0 Å². The van der Waals surface area contributed by atoms with Gasteiger partial charge in [-0.3, -0.25) is 4.79 Å². The number of thiol groups is 4. The van der Waals surface area contributed by atoms with Gasteiger partial charge in [-0.25, -0.2) is 4.79 Å². The Hall–Kier alpha value is 0.140. The molecule has 1 fully saturated rings. The molecule has 1 aliphatic heterocycles. The van der Waals surface area contributed by atoms with Crippen molar-refractivity contribution >= 4 is 62.5 Å². The summed E-state index contributed by atoms with van der Waals surface area (Å²) < 4.78 is 0. The summed E-state index contributed by atoms with van der Waals surface area (Å²) >= 11 is 17.1. The number of carbonyl (C=O) groups is 2. The summed E-state index contributed by atoms with van der Waals surface area (Å²) in [7, 11) is 0. The van der Waals surface area contributed by atoms with Crippen LogP contribution in [0.3, 0.4) is 0 Å². The van der Waals surface area contributed by atoms with Crippen LogP contribution in [-0.2, 0) is 4.79 Å². The second-order valence-electron chi connectivity index (χ2n) is 5.40. The molecule has 1 saturated heterocycles. The molecule has 5 nitrogen and oxygen atoms in total. The number of amides is 3. The number of hydrogen-bond donors (Lipinski definition) is 4. The van der Waals surface area contributed by atoms with Gasteiger partial charge in [-0.1, -0.05) is 0 Å². The van der Waals surface area contributed by atoms with Gasteiger partial charge in [0.15, 0.2) is 0 Å². The minimum Gasteiger partial charge on any atom is -0.319 e. The number of rotatable bonds is 10. The molecule has 2 atom stereocenters. The van der Waals surface area contributed by atoms with Crippen molar-refractivity contribution in [2.24, 2.45) is 0 Å². The van der Waals surface area contributed by atoms with E-state index in [9.17, 15) is 9.59 Å². The highest BCUT2D eigenvalue weighted by Crippen LogP contribution is 2.29. The van der Waals surface area contributed by atoms with Gasteiger partial charge in [0.2, 0.25) is 5.91 Å². The van der Waals surface area contributed by atoms with Gasteiger partial charge in [0.1, 0.15) is 6.17 Å². The maximum atomic E-state index is 12.8. The summed E-state index contributed by atoms with van der Waals surface area (Å²) in [5.74, 6) is 2.43. The van der Waals surface area contributed by atoms with Gasteiger partial charge in [-0.2, -0.15) is 50.5 Å². The van der Waals surface area contributed by atoms with Crippen LogP contribution < -0.4 is 0 Å². The smallest absolute Gasteiger partial charge is 0.319 e. The summed E-state index contributed by atoms with van der Waals surface area (Å²) in [5, 5.41) is 0. The second-order valence-corrected chi connectivity index (χ2v) is 7.19. The zero-order chi connectivity index (χ0) is 17.4. The molecule has 1 heterocycles. The molecule has 0 radical (unpaired) electrons. The number of nitrogens with zero attached hydrogens (tertiary/aromatic N) is 3. The Labute approximate surface area is 161 Å². The first-order valence-electron chi connectivity index (χ1n) is 7.81. The molecule has 0 spiro atoms. The van der Waals surface area contributed by atoms with Crippen LogP contribution in [0.1, 0.15) is 19.8 Å². The van der Waals surface area contributed by atoms with E-state index < -0.39 is 0 Å². The SMILES string of the molecule is CC(=O)N(CCS)C1C(CCCS)N(CCS)C(=O)N1CCS. The zero-order valence-corrected chi connectivity index (χ0v) is 17.0. The van der Waals surface area contributed by atoms with Crippen LogP contribution >= 0.6 is 50.5 Å². The first-order chi connectivity index (χ1) is 11.0. The lowest BCUT2D eigenvalue weighted by atomic mass is 10.1. The van der Waals surface area contributed by atoms with Crippen LogP contribution in [0, 0.1) is 0 Å². The summed E-state index contributed by atoms with van der Waals surface area (Å²) in [6, 6.07) is -0.0712. The van der Waals surface area contributed by atoms with Crippen LogP contribution in [0.4, 0.5) is 4.79 Å². The molecule has 1 rings (SSSR count). The Kier molecular flexibility index (Phi) is 10.0. The van der Waals surface area contributed by atoms with Gasteiger partial charge in [-0.15, -0.1) is 0 Å². The molecule has 3 amide bonds. The van der Waals surface area contributed by atoms with Crippen molar-refractivity contribution in [2.75, 3.05) is 42.6 Å². The van der Waals surface area contributed by atoms with Crippen molar-refractivity contribution in [1.29, 1.82) is 0 Å². The topological polar surface area (TPSA) is 43.9 Å².